The van der Waals surface area contributed by atoms with Crippen LogP contribution < -0.4 is 5.14 Å². The van der Waals surface area contributed by atoms with Gasteiger partial charge in [0.25, 0.3) is 0 Å². The van der Waals surface area contributed by atoms with Gasteiger partial charge in [-0.2, -0.15) is 0 Å². The molecule has 1 nitrogen and oxygen atoms in total. The highest BCUT2D eigenvalue weighted by Gasteiger charge is 2.06. The summed E-state index contributed by atoms with van der Waals surface area (Å²) in [6, 6.07) is 14.9. The fraction of sp³-hybridized carbons (Fsp3) is 0.200. The van der Waals surface area contributed by atoms with Gasteiger partial charge in [0.1, 0.15) is 0 Å². The lowest BCUT2D eigenvalue weighted by Crippen LogP contribution is -1.90. The zero-order valence-corrected chi connectivity index (χ0v) is 11.1. The summed E-state index contributed by atoms with van der Waals surface area (Å²) in [5, 5.41) is 5.71. The standard InChI is InChI=1S/C15H17NS/c1-3-12-8-9-13(11(2)10-12)14-6-4-5-7-15(14)17-16/h4-10H,3,16H2,1-2H3. The second-order valence-electron chi connectivity index (χ2n) is 4.12. The minimum atomic E-state index is 1.08. The fourth-order valence-corrected chi connectivity index (χ4v) is 2.50. The molecule has 2 heteroatoms. The number of rotatable bonds is 3. The zero-order chi connectivity index (χ0) is 12.3. The van der Waals surface area contributed by atoms with Crippen LogP contribution in [-0.4, -0.2) is 0 Å². The molecule has 0 aromatic heterocycles. The average molecular weight is 243 g/mol. The summed E-state index contributed by atoms with van der Waals surface area (Å²) in [5.41, 5.74) is 5.19. The molecule has 88 valence electrons. The van der Waals surface area contributed by atoms with E-state index in [0.717, 1.165) is 11.3 Å². The SMILES string of the molecule is CCc1ccc(-c2ccccc2SN)c(C)c1. The molecule has 0 radical (unpaired) electrons. The van der Waals surface area contributed by atoms with E-state index in [1.807, 2.05) is 6.07 Å². The van der Waals surface area contributed by atoms with E-state index in [9.17, 15) is 0 Å². The van der Waals surface area contributed by atoms with Gasteiger partial charge in [-0.1, -0.05) is 43.3 Å². The van der Waals surface area contributed by atoms with Gasteiger partial charge in [0.2, 0.25) is 0 Å². The molecule has 0 atom stereocenters. The van der Waals surface area contributed by atoms with E-state index >= 15 is 0 Å². The molecule has 0 fully saturated rings. The van der Waals surface area contributed by atoms with E-state index in [0.29, 0.717) is 0 Å². The van der Waals surface area contributed by atoms with Crippen LogP contribution in [0.25, 0.3) is 11.1 Å². The number of hydrogen-bond donors (Lipinski definition) is 1. The molecule has 0 aliphatic heterocycles. The zero-order valence-electron chi connectivity index (χ0n) is 10.2. The smallest absolute Gasteiger partial charge is 0.0304 e. The van der Waals surface area contributed by atoms with Gasteiger partial charge in [0.15, 0.2) is 0 Å². The van der Waals surface area contributed by atoms with Crippen LogP contribution in [0.15, 0.2) is 47.4 Å². The molecular weight excluding hydrogens is 226 g/mol. The molecule has 0 amide bonds. The number of hydrogen-bond acceptors (Lipinski definition) is 2. The van der Waals surface area contributed by atoms with Crippen molar-refractivity contribution in [1.82, 2.24) is 0 Å². The highest BCUT2D eigenvalue weighted by Crippen LogP contribution is 2.31. The molecule has 0 aliphatic rings. The second-order valence-corrected chi connectivity index (χ2v) is 4.79. The molecule has 2 aromatic carbocycles. The summed E-state index contributed by atoms with van der Waals surface area (Å²) in [6.07, 6.45) is 1.08. The Morgan fingerprint density at radius 2 is 1.82 bits per heavy atom. The monoisotopic (exact) mass is 243 g/mol. The van der Waals surface area contributed by atoms with Gasteiger partial charge in [-0.15, -0.1) is 0 Å². The molecule has 17 heavy (non-hydrogen) atoms. The quantitative estimate of drug-likeness (QED) is 0.818. The summed E-state index contributed by atoms with van der Waals surface area (Å²) in [4.78, 5) is 1.12. The molecular formula is C15H17NS. The van der Waals surface area contributed by atoms with Gasteiger partial charge >= 0.3 is 0 Å². The van der Waals surface area contributed by atoms with Crippen molar-refractivity contribution in [3.05, 3.63) is 53.6 Å². The Morgan fingerprint density at radius 1 is 1.06 bits per heavy atom. The Balaban J connectivity index is 2.53. The van der Waals surface area contributed by atoms with Crippen LogP contribution in [0, 0.1) is 6.92 Å². The topological polar surface area (TPSA) is 26.0 Å². The third kappa shape index (κ3) is 2.54. The first-order valence-corrected chi connectivity index (χ1v) is 6.70. The molecule has 0 saturated carbocycles. The van der Waals surface area contributed by atoms with Crippen molar-refractivity contribution in [1.29, 1.82) is 0 Å². The summed E-state index contributed by atoms with van der Waals surface area (Å²) >= 11 is 1.31. The third-order valence-corrected chi connectivity index (χ3v) is 3.61. The maximum atomic E-state index is 5.71. The first kappa shape index (κ1) is 12.2. The second kappa shape index (κ2) is 5.39. The van der Waals surface area contributed by atoms with E-state index in [4.69, 9.17) is 5.14 Å². The highest BCUT2D eigenvalue weighted by molar-refractivity contribution is 7.97. The molecule has 2 rings (SSSR count). The normalized spacial score (nSPS) is 10.5. The van der Waals surface area contributed by atoms with Crippen molar-refractivity contribution < 1.29 is 0 Å². The number of nitrogens with two attached hydrogens (primary N) is 1. The summed E-state index contributed by atoms with van der Waals surface area (Å²) in [7, 11) is 0. The maximum absolute atomic E-state index is 5.71. The Bertz CT molecular complexity index is 520. The Labute approximate surface area is 107 Å². The molecule has 2 N–H and O–H groups in total. The molecule has 0 heterocycles. The maximum Gasteiger partial charge on any atom is 0.0304 e. The van der Waals surface area contributed by atoms with Gasteiger partial charge in [-0.3, -0.25) is 5.14 Å². The highest BCUT2D eigenvalue weighted by atomic mass is 32.2. The fourth-order valence-electron chi connectivity index (χ4n) is 2.04. The van der Waals surface area contributed by atoms with Crippen LogP contribution in [0.5, 0.6) is 0 Å². The van der Waals surface area contributed by atoms with Crippen molar-refractivity contribution in [3.63, 3.8) is 0 Å². The average Bonchev–Trinajstić information content (AvgIpc) is 2.38. The summed E-state index contributed by atoms with van der Waals surface area (Å²) < 4.78 is 0. The van der Waals surface area contributed by atoms with Gasteiger partial charge in [0.05, 0.1) is 0 Å². The van der Waals surface area contributed by atoms with E-state index in [1.54, 1.807) is 0 Å². The Morgan fingerprint density at radius 3 is 2.47 bits per heavy atom. The van der Waals surface area contributed by atoms with Crippen LogP contribution in [0.4, 0.5) is 0 Å². The minimum Gasteiger partial charge on any atom is -0.274 e. The lowest BCUT2D eigenvalue weighted by atomic mass is 9.98. The van der Waals surface area contributed by atoms with Crippen LogP contribution in [0.1, 0.15) is 18.1 Å². The molecule has 0 saturated heterocycles. The largest absolute Gasteiger partial charge is 0.274 e. The van der Waals surface area contributed by atoms with Crippen molar-refractivity contribution in [3.8, 4) is 11.1 Å². The molecule has 0 bridgehead atoms. The molecule has 0 spiro atoms. The predicted octanol–water partition coefficient (Wildman–Crippen LogP) is 4.19. The van der Waals surface area contributed by atoms with Gasteiger partial charge < -0.3 is 0 Å². The molecule has 2 aromatic rings. The van der Waals surface area contributed by atoms with Gasteiger partial charge in [-0.05, 0) is 53.6 Å². The minimum absolute atomic E-state index is 1.08. The summed E-state index contributed by atoms with van der Waals surface area (Å²) in [6.45, 7) is 4.34. The van der Waals surface area contributed by atoms with E-state index in [1.165, 1.54) is 34.2 Å². The van der Waals surface area contributed by atoms with Gasteiger partial charge in [-0.25, -0.2) is 0 Å². The first-order chi connectivity index (χ1) is 8.26. The van der Waals surface area contributed by atoms with E-state index in [-0.39, 0.29) is 0 Å². The van der Waals surface area contributed by atoms with Crippen molar-refractivity contribution in [2.45, 2.75) is 25.2 Å². The molecule has 0 unspecified atom stereocenters. The molecule has 0 aliphatic carbocycles. The first-order valence-electron chi connectivity index (χ1n) is 5.82. The lowest BCUT2D eigenvalue weighted by Gasteiger charge is -2.11. The predicted molar refractivity (Wildman–Crippen MR) is 76.0 cm³/mol. The van der Waals surface area contributed by atoms with Crippen LogP contribution in [0.2, 0.25) is 0 Å². The number of benzene rings is 2. The van der Waals surface area contributed by atoms with Crippen LogP contribution in [0.3, 0.4) is 0 Å². The third-order valence-electron chi connectivity index (χ3n) is 3.00. The van der Waals surface area contributed by atoms with Crippen molar-refractivity contribution in [2.24, 2.45) is 5.14 Å². The lowest BCUT2D eigenvalue weighted by molar-refractivity contribution is 1.13. The Kier molecular flexibility index (Phi) is 3.87. The van der Waals surface area contributed by atoms with Crippen molar-refractivity contribution >= 4 is 11.9 Å². The van der Waals surface area contributed by atoms with Crippen molar-refractivity contribution in [2.75, 3.05) is 0 Å². The van der Waals surface area contributed by atoms with E-state index < -0.39 is 0 Å². The van der Waals surface area contributed by atoms with Crippen LogP contribution in [-0.2, 0) is 6.42 Å². The van der Waals surface area contributed by atoms with Gasteiger partial charge in [0, 0.05) is 4.90 Å². The number of aryl methyl sites for hydroxylation is 2. The summed E-state index contributed by atoms with van der Waals surface area (Å²) in [5.74, 6) is 0. The van der Waals surface area contributed by atoms with Crippen LogP contribution >= 0.6 is 11.9 Å². The van der Waals surface area contributed by atoms with E-state index in [2.05, 4.69) is 50.2 Å². The Hall–Kier alpha value is -1.25.